The second-order valence-electron chi connectivity index (χ2n) is 9.63. The first-order valence-electron chi connectivity index (χ1n) is 12.4. The Labute approximate surface area is 208 Å². The molecule has 0 spiro atoms. The SMILES string of the molecule is Cc1ccc(NC(=O)OCCN2CCOC2C(C)C)cc1NC(=O)OCCN1CCOC1C(C)C. The lowest BCUT2D eigenvalue weighted by molar-refractivity contribution is -0.00800. The van der Waals surface area contributed by atoms with Crippen LogP contribution in [0.25, 0.3) is 0 Å². The van der Waals surface area contributed by atoms with Crippen molar-refractivity contribution in [3.8, 4) is 0 Å². The van der Waals surface area contributed by atoms with Gasteiger partial charge in [0, 0.05) is 37.6 Å². The molecule has 2 N–H and O–H groups in total. The lowest BCUT2D eigenvalue weighted by Gasteiger charge is -2.25. The zero-order valence-electron chi connectivity index (χ0n) is 21.5. The third kappa shape index (κ3) is 8.06. The summed E-state index contributed by atoms with van der Waals surface area (Å²) in [4.78, 5) is 28.9. The van der Waals surface area contributed by atoms with Crippen LogP contribution in [-0.4, -0.2) is 87.0 Å². The highest BCUT2D eigenvalue weighted by Gasteiger charge is 2.28. The number of hydrogen-bond acceptors (Lipinski definition) is 8. The Balaban J connectivity index is 1.41. The lowest BCUT2D eigenvalue weighted by Crippen LogP contribution is -2.37. The van der Waals surface area contributed by atoms with Crippen LogP contribution in [0.4, 0.5) is 21.0 Å². The van der Waals surface area contributed by atoms with E-state index in [2.05, 4.69) is 48.1 Å². The molecule has 10 nitrogen and oxygen atoms in total. The molecule has 0 aromatic heterocycles. The number of ether oxygens (including phenoxy) is 4. The van der Waals surface area contributed by atoms with E-state index in [1.165, 1.54) is 0 Å². The van der Waals surface area contributed by atoms with Crippen LogP contribution in [0.3, 0.4) is 0 Å². The smallest absolute Gasteiger partial charge is 0.411 e. The van der Waals surface area contributed by atoms with Crippen molar-refractivity contribution >= 4 is 23.6 Å². The van der Waals surface area contributed by atoms with E-state index in [4.69, 9.17) is 18.9 Å². The summed E-state index contributed by atoms with van der Waals surface area (Å²) in [6.45, 7) is 15.1. The molecule has 2 fully saturated rings. The zero-order chi connectivity index (χ0) is 25.4. The van der Waals surface area contributed by atoms with E-state index in [1.54, 1.807) is 12.1 Å². The van der Waals surface area contributed by atoms with Crippen molar-refractivity contribution in [1.29, 1.82) is 0 Å². The molecule has 2 aliphatic rings. The number of anilines is 2. The lowest BCUT2D eigenvalue weighted by atomic mass is 10.2. The van der Waals surface area contributed by atoms with E-state index in [0.717, 1.165) is 18.7 Å². The molecule has 35 heavy (non-hydrogen) atoms. The predicted octanol–water partition coefficient (Wildman–Crippen LogP) is 3.72. The first kappa shape index (κ1) is 27.2. The number of rotatable bonds is 10. The largest absolute Gasteiger partial charge is 0.448 e. The second kappa shape index (κ2) is 13.1. The number of nitrogens with one attached hydrogen (secondary N) is 2. The minimum absolute atomic E-state index is 0.0618. The Morgan fingerprint density at radius 2 is 1.43 bits per heavy atom. The molecule has 2 aliphatic heterocycles. The Morgan fingerprint density at radius 1 is 0.914 bits per heavy atom. The maximum absolute atomic E-state index is 12.3. The quantitative estimate of drug-likeness (QED) is 0.510. The summed E-state index contributed by atoms with van der Waals surface area (Å²) in [6.07, 6.45) is -0.961. The highest BCUT2D eigenvalue weighted by molar-refractivity contribution is 5.89. The molecule has 2 atom stereocenters. The molecular weight excluding hydrogens is 452 g/mol. The summed E-state index contributed by atoms with van der Waals surface area (Å²) >= 11 is 0. The fourth-order valence-corrected chi connectivity index (χ4v) is 4.40. The molecule has 0 aliphatic carbocycles. The van der Waals surface area contributed by atoms with E-state index >= 15 is 0 Å². The topological polar surface area (TPSA) is 102 Å². The summed E-state index contributed by atoms with van der Waals surface area (Å²) in [7, 11) is 0. The van der Waals surface area contributed by atoms with Gasteiger partial charge in [-0.3, -0.25) is 20.4 Å². The third-order valence-electron chi connectivity index (χ3n) is 6.14. The van der Waals surface area contributed by atoms with Gasteiger partial charge in [-0.15, -0.1) is 0 Å². The van der Waals surface area contributed by atoms with Crippen LogP contribution < -0.4 is 10.6 Å². The van der Waals surface area contributed by atoms with Crippen LogP contribution in [0, 0.1) is 18.8 Å². The first-order chi connectivity index (χ1) is 16.7. The molecule has 196 valence electrons. The van der Waals surface area contributed by atoms with Crippen molar-refractivity contribution < 1.29 is 28.5 Å². The van der Waals surface area contributed by atoms with Gasteiger partial charge in [-0.1, -0.05) is 33.8 Å². The second-order valence-corrected chi connectivity index (χ2v) is 9.63. The number of benzene rings is 1. The van der Waals surface area contributed by atoms with Crippen LogP contribution in [-0.2, 0) is 18.9 Å². The molecule has 2 heterocycles. The maximum atomic E-state index is 12.3. The average molecular weight is 493 g/mol. The van der Waals surface area contributed by atoms with Gasteiger partial charge < -0.3 is 18.9 Å². The Morgan fingerprint density at radius 3 is 1.94 bits per heavy atom. The highest BCUT2D eigenvalue weighted by atomic mass is 16.6. The number of carbonyl (C=O) groups is 2. The Kier molecular flexibility index (Phi) is 10.1. The van der Waals surface area contributed by atoms with Gasteiger partial charge >= 0.3 is 12.2 Å². The molecule has 3 rings (SSSR count). The molecule has 10 heteroatoms. The average Bonchev–Trinajstić information content (AvgIpc) is 3.46. The van der Waals surface area contributed by atoms with Crippen molar-refractivity contribution in [2.45, 2.75) is 47.1 Å². The number of hydrogen-bond donors (Lipinski definition) is 2. The number of nitrogens with zero attached hydrogens (tertiary/aromatic N) is 2. The van der Waals surface area contributed by atoms with Crippen LogP contribution in [0.5, 0.6) is 0 Å². The first-order valence-corrected chi connectivity index (χ1v) is 12.4. The van der Waals surface area contributed by atoms with E-state index in [-0.39, 0.29) is 25.7 Å². The van der Waals surface area contributed by atoms with Gasteiger partial charge in [0.2, 0.25) is 0 Å². The van der Waals surface area contributed by atoms with E-state index in [9.17, 15) is 9.59 Å². The fraction of sp³-hybridized carbons (Fsp3) is 0.680. The molecule has 2 unspecified atom stereocenters. The van der Waals surface area contributed by atoms with Gasteiger partial charge in [0.25, 0.3) is 0 Å². The summed E-state index contributed by atoms with van der Waals surface area (Å²) in [6, 6.07) is 5.26. The van der Waals surface area contributed by atoms with Crippen molar-refractivity contribution in [3.63, 3.8) is 0 Å². The minimum Gasteiger partial charge on any atom is -0.448 e. The van der Waals surface area contributed by atoms with Crippen molar-refractivity contribution in [2.75, 3.05) is 63.2 Å². The summed E-state index contributed by atoms with van der Waals surface area (Å²) in [5, 5.41) is 5.47. The number of aryl methyl sites for hydroxylation is 1. The van der Waals surface area contributed by atoms with Crippen LogP contribution in [0.15, 0.2) is 18.2 Å². The fourth-order valence-electron chi connectivity index (χ4n) is 4.40. The maximum Gasteiger partial charge on any atom is 0.411 e. The minimum atomic E-state index is -0.545. The molecule has 2 saturated heterocycles. The van der Waals surface area contributed by atoms with Crippen LogP contribution in [0.1, 0.15) is 33.3 Å². The zero-order valence-corrected chi connectivity index (χ0v) is 21.5. The van der Waals surface area contributed by atoms with Crippen molar-refractivity contribution in [1.82, 2.24) is 9.80 Å². The molecule has 0 radical (unpaired) electrons. The van der Waals surface area contributed by atoms with Gasteiger partial charge in [-0.05, 0) is 36.5 Å². The van der Waals surface area contributed by atoms with Crippen LogP contribution in [0.2, 0.25) is 0 Å². The van der Waals surface area contributed by atoms with E-state index < -0.39 is 12.2 Å². The Bertz CT molecular complexity index is 849. The van der Waals surface area contributed by atoms with Gasteiger partial charge in [-0.25, -0.2) is 9.59 Å². The highest BCUT2D eigenvalue weighted by Crippen LogP contribution is 2.22. The molecule has 0 saturated carbocycles. The number of amides is 2. The number of carbonyl (C=O) groups excluding carboxylic acids is 2. The van der Waals surface area contributed by atoms with Crippen molar-refractivity contribution in [2.24, 2.45) is 11.8 Å². The van der Waals surface area contributed by atoms with Gasteiger partial charge in [0.15, 0.2) is 0 Å². The molecule has 1 aromatic carbocycles. The van der Waals surface area contributed by atoms with Gasteiger partial charge in [-0.2, -0.15) is 0 Å². The Hall–Kier alpha value is -2.40. The normalized spacial score (nSPS) is 21.0. The summed E-state index contributed by atoms with van der Waals surface area (Å²) < 4.78 is 22.1. The molecular formula is C25H40N4O6. The van der Waals surface area contributed by atoms with Gasteiger partial charge in [0.05, 0.1) is 13.2 Å². The van der Waals surface area contributed by atoms with Crippen molar-refractivity contribution in [3.05, 3.63) is 23.8 Å². The standard InChI is InChI=1S/C25H40N4O6/c1-17(2)22-28(8-12-32-22)10-14-34-24(30)26-20-7-6-19(5)21(16-20)27-25(31)35-15-11-29-9-13-33-23(29)18(3)4/h6-7,16-18,22-23H,8-15H2,1-5H3,(H,26,30)(H,27,31). The molecule has 1 aromatic rings. The molecule has 2 amide bonds. The van der Waals surface area contributed by atoms with E-state index in [1.807, 2.05) is 13.0 Å². The summed E-state index contributed by atoms with van der Waals surface area (Å²) in [5.74, 6) is 0.754. The predicted molar refractivity (Wildman–Crippen MR) is 133 cm³/mol. The molecule has 0 bridgehead atoms. The monoisotopic (exact) mass is 492 g/mol. The van der Waals surface area contributed by atoms with E-state index in [0.29, 0.717) is 49.5 Å². The summed E-state index contributed by atoms with van der Waals surface area (Å²) in [5.41, 5.74) is 1.93. The van der Waals surface area contributed by atoms with Crippen LogP contribution >= 0.6 is 0 Å². The third-order valence-corrected chi connectivity index (χ3v) is 6.14. The van der Waals surface area contributed by atoms with Gasteiger partial charge in [0.1, 0.15) is 25.7 Å².